The largest absolute Gasteiger partial charge is 0.356 e. The number of rotatable bonds is 5. The molecular weight excluding hydrogens is 324 g/mol. The summed E-state index contributed by atoms with van der Waals surface area (Å²) in [4.78, 5) is 11.3. The number of likely N-dealkylation sites (N-methyl/N-ethyl adjacent to an activating group) is 1. The summed E-state index contributed by atoms with van der Waals surface area (Å²) in [5.74, 6) is -0.219. The minimum Gasteiger partial charge on any atom is -0.356 e. The molecule has 0 saturated heterocycles. The van der Waals surface area contributed by atoms with Gasteiger partial charge in [0.05, 0.1) is 4.90 Å². The number of anilines is 1. The molecule has 0 aliphatic heterocycles. The average Bonchev–Trinajstić information content (AvgIpc) is 2.56. The van der Waals surface area contributed by atoms with Gasteiger partial charge in [-0.2, -0.15) is 0 Å². The second kappa shape index (κ2) is 7.31. The molecule has 0 spiro atoms. The van der Waals surface area contributed by atoms with E-state index in [2.05, 4.69) is 10.0 Å². The lowest BCUT2D eigenvalue weighted by molar-refractivity contribution is -0.115. The van der Waals surface area contributed by atoms with Crippen molar-refractivity contribution >= 4 is 27.7 Å². The van der Waals surface area contributed by atoms with Crippen LogP contribution in [0, 0.1) is 13.8 Å². The summed E-state index contributed by atoms with van der Waals surface area (Å²) in [5, 5.41) is 2.47. The summed E-state index contributed by atoms with van der Waals surface area (Å²) < 4.78 is 27.4. The molecule has 2 aromatic carbocycles. The number of carbonyl (C=O) groups excluding carboxylic acids is 1. The third-order valence-corrected chi connectivity index (χ3v) is 5.02. The number of aryl methyl sites for hydroxylation is 2. The summed E-state index contributed by atoms with van der Waals surface area (Å²) in [5.41, 5.74) is 3.39. The van der Waals surface area contributed by atoms with Crippen molar-refractivity contribution in [2.24, 2.45) is 0 Å². The van der Waals surface area contributed by atoms with Crippen molar-refractivity contribution in [2.75, 3.05) is 11.8 Å². The Bertz CT molecular complexity index is 870. The Kier molecular flexibility index (Phi) is 5.41. The molecule has 0 aliphatic rings. The van der Waals surface area contributed by atoms with Crippen molar-refractivity contribution in [3.8, 4) is 0 Å². The van der Waals surface area contributed by atoms with E-state index in [1.54, 1.807) is 37.4 Å². The fraction of sp³-hybridized carbons (Fsp3) is 0.167. The Morgan fingerprint density at radius 3 is 2.25 bits per heavy atom. The summed E-state index contributed by atoms with van der Waals surface area (Å²) in [6, 6.07) is 11.7. The highest BCUT2D eigenvalue weighted by molar-refractivity contribution is 7.92. The highest BCUT2D eigenvalue weighted by atomic mass is 32.2. The molecule has 2 aromatic rings. The van der Waals surface area contributed by atoms with E-state index in [4.69, 9.17) is 0 Å². The topological polar surface area (TPSA) is 75.3 Å². The van der Waals surface area contributed by atoms with E-state index in [1.165, 1.54) is 18.2 Å². The number of hydrogen-bond donors (Lipinski definition) is 2. The Morgan fingerprint density at radius 2 is 1.67 bits per heavy atom. The molecule has 0 atom stereocenters. The fourth-order valence-electron chi connectivity index (χ4n) is 2.03. The van der Waals surface area contributed by atoms with Gasteiger partial charge in [0.1, 0.15) is 0 Å². The molecular formula is C18H20N2O3S. The van der Waals surface area contributed by atoms with Crippen LogP contribution < -0.4 is 10.0 Å². The van der Waals surface area contributed by atoms with E-state index in [1.807, 2.05) is 19.9 Å². The molecule has 0 unspecified atom stereocenters. The van der Waals surface area contributed by atoms with Crippen molar-refractivity contribution in [1.29, 1.82) is 0 Å². The van der Waals surface area contributed by atoms with E-state index in [0.29, 0.717) is 5.69 Å². The number of carbonyl (C=O) groups is 1. The first-order chi connectivity index (χ1) is 11.3. The fourth-order valence-corrected chi connectivity index (χ4v) is 3.08. The zero-order chi connectivity index (χ0) is 17.7. The number of sulfonamides is 1. The highest BCUT2D eigenvalue weighted by Gasteiger charge is 2.14. The lowest BCUT2D eigenvalue weighted by Gasteiger charge is -2.10. The van der Waals surface area contributed by atoms with Gasteiger partial charge in [0.2, 0.25) is 5.91 Å². The van der Waals surface area contributed by atoms with Crippen molar-refractivity contribution in [2.45, 2.75) is 18.7 Å². The molecule has 2 N–H and O–H groups in total. The van der Waals surface area contributed by atoms with Gasteiger partial charge in [-0.05, 0) is 60.9 Å². The SMILES string of the molecule is CNC(=O)/C=C/c1ccc(S(=O)(=O)Nc2ccc(C)c(C)c2)cc1. The van der Waals surface area contributed by atoms with Gasteiger partial charge in [0, 0.05) is 18.8 Å². The first-order valence-electron chi connectivity index (χ1n) is 7.42. The van der Waals surface area contributed by atoms with E-state index in [0.717, 1.165) is 16.7 Å². The van der Waals surface area contributed by atoms with Crippen LogP contribution in [0.15, 0.2) is 53.4 Å². The second-order valence-electron chi connectivity index (χ2n) is 5.42. The molecule has 0 radical (unpaired) electrons. The van der Waals surface area contributed by atoms with Crippen LogP contribution in [-0.2, 0) is 14.8 Å². The first-order valence-corrected chi connectivity index (χ1v) is 8.90. The van der Waals surface area contributed by atoms with Gasteiger partial charge in [-0.3, -0.25) is 9.52 Å². The third kappa shape index (κ3) is 4.45. The Labute approximate surface area is 142 Å². The van der Waals surface area contributed by atoms with E-state index < -0.39 is 10.0 Å². The van der Waals surface area contributed by atoms with Crippen LogP contribution in [0.1, 0.15) is 16.7 Å². The average molecular weight is 344 g/mol. The van der Waals surface area contributed by atoms with E-state index in [9.17, 15) is 13.2 Å². The third-order valence-electron chi connectivity index (χ3n) is 3.62. The number of nitrogens with one attached hydrogen (secondary N) is 2. The van der Waals surface area contributed by atoms with Crippen molar-refractivity contribution in [1.82, 2.24) is 5.32 Å². The normalized spacial score (nSPS) is 11.5. The molecule has 0 aromatic heterocycles. The van der Waals surface area contributed by atoms with Crippen molar-refractivity contribution in [3.63, 3.8) is 0 Å². The van der Waals surface area contributed by atoms with Gasteiger partial charge < -0.3 is 5.32 Å². The molecule has 24 heavy (non-hydrogen) atoms. The summed E-state index contributed by atoms with van der Waals surface area (Å²) in [6.07, 6.45) is 3.00. The zero-order valence-corrected chi connectivity index (χ0v) is 14.6. The first kappa shape index (κ1) is 17.7. The minimum atomic E-state index is -3.65. The zero-order valence-electron chi connectivity index (χ0n) is 13.8. The van der Waals surface area contributed by atoms with Crippen LogP contribution in [0.4, 0.5) is 5.69 Å². The van der Waals surface area contributed by atoms with Crippen LogP contribution in [0.3, 0.4) is 0 Å². The van der Waals surface area contributed by atoms with Gasteiger partial charge in [-0.15, -0.1) is 0 Å². The molecule has 6 heteroatoms. The number of benzene rings is 2. The highest BCUT2D eigenvalue weighted by Crippen LogP contribution is 2.19. The van der Waals surface area contributed by atoms with Crippen LogP contribution >= 0.6 is 0 Å². The maximum absolute atomic E-state index is 12.4. The summed E-state index contributed by atoms with van der Waals surface area (Å²) in [7, 11) is -2.11. The van der Waals surface area contributed by atoms with E-state index >= 15 is 0 Å². The Morgan fingerprint density at radius 1 is 1.00 bits per heavy atom. The lowest BCUT2D eigenvalue weighted by Crippen LogP contribution is -2.14. The maximum Gasteiger partial charge on any atom is 0.261 e. The smallest absolute Gasteiger partial charge is 0.261 e. The Hall–Kier alpha value is -2.60. The molecule has 0 bridgehead atoms. The van der Waals surface area contributed by atoms with Gasteiger partial charge in [-0.25, -0.2) is 8.42 Å². The van der Waals surface area contributed by atoms with Crippen LogP contribution in [0.5, 0.6) is 0 Å². The molecule has 0 heterocycles. The van der Waals surface area contributed by atoms with Crippen LogP contribution in [-0.4, -0.2) is 21.4 Å². The van der Waals surface area contributed by atoms with E-state index in [-0.39, 0.29) is 10.8 Å². The molecule has 1 amide bonds. The minimum absolute atomic E-state index is 0.165. The monoisotopic (exact) mass is 344 g/mol. The summed E-state index contributed by atoms with van der Waals surface area (Å²) >= 11 is 0. The molecule has 2 rings (SSSR count). The summed E-state index contributed by atoms with van der Waals surface area (Å²) in [6.45, 7) is 3.90. The van der Waals surface area contributed by atoms with Gasteiger partial charge in [-0.1, -0.05) is 18.2 Å². The van der Waals surface area contributed by atoms with Crippen molar-refractivity contribution in [3.05, 3.63) is 65.2 Å². The predicted octanol–water partition coefficient (Wildman–Crippen LogP) is 2.86. The molecule has 0 fully saturated rings. The van der Waals surface area contributed by atoms with Gasteiger partial charge in [0.15, 0.2) is 0 Å². The second-order valence-corrected chi connectivity index (χ2v) is 7.10. The number of amides is 1. The maximum atomic E-state index is 12.4. The molecule has 126 valence electrons. The van der Waals surface area contributed by atoms with Crippen molar-refractivity contribution < 1.29 is 13.2 Å². The lowest BCUT2D eigenvalue weighted by atomic mass is 10.1. The predicted molar refractivity (Wildman–Crippen MR) is 96.3 cm³/mol. The van der Waals surface area contributed by atoms with Gasteiger partial charge >= 0.3 is 0 Å². The van der Waals surface area contributed by atoms with Crippen LogP contribution in [0.25, 0.3) is 6.08 Å². The molecule has 0 aliphatic carbocycles. The molecule has 5 nitrogen and oxygen atoms in total. The standard InChI is InChI=1S/C18H20N2O3S/c1-13-4-8-16(12-14(13)2)20-24(22,23)17-9-5-15(6-10-17)7-11-18(21)19-3/h4-12,20H,1-3H3,(H,19,21)/b11-7+. The van der Waals surface area contributed by atoms with Gasteiger partial charge in [0.25, 0.3) is 10.0 Å². The Balaban J connectivity index is 2.18. The molecule has 0 saturated carbocycles. The van der Waals surface area contributed by atoms with Crippen LogP contribution in [0.2, 0.25) is 0 Å². The quantitative estimate of drug-likeness (QED) is 0.819. The number of hydrogen-bond acceptors (Lipinski definition) is 3.